The van der Waals surface area contributed by atoms with E-state index in [4.69, 9.17) is 4.74 Å². The Morgan fingerprint density at radius 2 is 1.76 bits per heavy atom. The smallest absolute Gasteiger partial charge is 0.453 e. The standard InChI is InChI=1S/C19H13F3N4OS2/c20-19(21,22)17-23-24-18-26(17)25-15(29-18)11-28-16(25)13-6-8-14(9-7-13)27-10-12-4-2-1-3-5-12/h1-9,11,16H,10H2. The van der Waals surface area contributed by atoms with E-state index in [1.165, 1.54) is 23.5 Å². The van der Waals surface area contributed by atoms with E-state index in [0.29, 0.717) is 17.4 Å². The van der Waals surface area contributed by atoms with E-state index in [2.05, 4.69) is 10.2 Å². The second-order valence-corrected chi connectivity index (χ2v) is 8.29. The quantitative estimate of drug-likeness (QED) is 0.565. The highest BCUT2D eigenvalue weighted by molar-refractivity contribution is 8.07. The Bertz CT molecular complexity index is 1070. The highest BCUT2D eigenvalue weighted by Crippen LogP contribution is 2.52. The van der Waals surface area contributed by atoms with E-state index in [0.717, 1.165) is 15.8 Å². The topological polar surface area (TPSA) is 43.2 Å². The third kappa shape index (κ3) is 3.36. The minimum atomic E-state index is -4.58. The highest BCUT2D eigenvalue weighted by atomic mass is 32.2. The number of alkyl halides is 3. The highest BCUT2D eigenvalue weighted by Gasteiger charge is 2.47. The molecular weight excluding hydrogens is 421 g/mol. The minimum absolute atomic E-state index is 0.219. The molecule has 0 radical (unpaired) electrons. The lowest BCUT2D eigenvalue weighted by atomic mass is 10.2. The lowest BCUT2D eigenvalue weighted by Crippen LogP contribution is -2.33. The molecule has 5 rings (SSSR count). The van der Waals surface area contributed by atoms with Crippen molar-refractivity contribution in [1.82, 2.24) is 14.9 Å². The number of fused-ring (bicyclic) bond motifs is 3. The fourth-order valence-electron chi connectivity index (χ4n) is 3.11. The molecular formula is C19H13F3N4OS2. The molecule has 0 spiro atoms. The molecule has 1 atom stereocenters. The van der Waals surface area contributed by atoms with Crippen LogP contribution in [0.3, 0.4) is 0 Å². The summed E-state index contributed by atoms with van der Waals surface area (Å²) in [5, 5.41) is 11.1. The van der Waals surface area contributed by atoms with Gasteiger partial charge in [0.1, 0.15) is 22.8 Å². The number of rotatable bonds is 4. The van der Waals surface area contributed by atoms with E-state index in [1.807, 2.05) is 60.0 Å². The van der Waals surface area contributed by atoms with Crippen molar-refractivity contribution in [3.63, 3.8) is 0 Å². The van der Waals surface area contributed by atoms with Gasteiger partial charge in [-0.05, 0) is 35.0 Å². The zero-order valence-corrected chi connectivity index (χ0v) is 16.3. The van der Waals surface area contributed by atoms with Crippen molar-refractivity contribution in [1.29, 1.82) is 0 Å². The summed E-state index contributed by atoms with van der Waals surface area (Å²) in [6.45, 7) is 0.450. The van der Waals surface area contributed by atoms with Crippen LogP contribution < -0.4 is 9.75 Å². The van der Waals surface area contributed by atoms with E-state index >= 15 is 0 Å². The third-order valence-corrected chi connectivity index (χ3v) is 6.63. The summed E-state index contributed by atoms with van der Waals surface area (Å²) in [4.78, 5) is 0. The molecule has 1 unspecified atom stereocenters. The van der Waals surface area contributed by atoms with Crippen LogP contribution >= 0.6 is 23.5 Å². The normalized spacial score (nSPS) is 17.8. The molecule has 0 fully saturated rings. The second kappa shape index (κ2) is 7.03. The van der Waals surface area contributed by atoms with Crippen LogP contribution in [0.4, 0.5) is 13.2 Å². The van der Waals surface area contributed by atoms with Crippen LogP contribution in [0, 0.1) is 0 Å². The van der Waals surface area contributed by atoms with Crippen LogP contribution in [-0.2, 0) is 12.8 Å². The zero-order chi connectivity index (χ0) is 20.0. The number of halogens is 3. The molecule has 0 bridgehead atoms. The van der Waals surface area contributed by atoms with Gasteiger partial charge >= 0.3 is 6.18 Å². The largest absolute Gasteiger partial charge is 0.489 e. The van der Waals surface area contributed by atoms with E-state index in [-0.39, 0.29) is 10.5 Å². The molecule has 10 heteroatoms. The van der Waals surface area contributed by atoms with Gasteiger partial charge in [0, 0.05) is 5.41 Å². The maximum Gasteiger partial charge on any atom is 0.453 e. The first-order chi connectivity index (χ1) is 14.0. The number of benzene rings is 2. The van der Waals surface area contributed by atoms with Gasteiger partial charge < -0.3 is 4.74 Å². The maximum absolute atomic E-state index is 13.3. The average molecular weight is 434 g/mol. The fraction of sp³-hybridized carbons (Fsp3) is 0.158. The summed E-state index contributed by atoms with van der Waals surface area (Å²) in [5.74, 6) is -0.315. The number of ether oxygens (including phenoxy) is 1. The Morgan fingerprint density at radius 3 is 2.48 bits per heavy atom. The predicted octanol–water partition coefficient (Wildman–Crippen LogP) is 5.16. The number of hydrogen-bond donors (Lipinski definition) is 0. The SMILES string of the molecule is FC(F)(F)c1nnc2n1N1C(=CSC1c1ccc(OCc3ccccc3)cc1)S2. The van der Waals surface area contributed by atoms with Gasteiger partial charge in [-0.25, -0.2) is 4.68 Å². The second-order valence-electron chi connectivity index (χ2n) is 6.35. The number of aromatic nitrogens is 3. The molecule has 2 aliphatic rings. The van der Waals surface area contributed by atoms with Gasteiger partial charge in [-0.15, -0.1) is 10.2 Å². The molecule has 0 N–H and O–H groups in total. The third-order valence-electron chi connectivity index (χ3n) is 4.44. The Kier molecular flexibility index (Phi) is 4.47. The van der Waals surface area contributed by atoms with Gasteiger partial charge in [0.05, 0.1) is 0 Å². The van der Waals surface area contributed by atoms with Crippen molar-refractivity contribution >= 4 is 23.5 Å². The van der Waals surface area contributed by atoms with Gasteiger partial charge in [-0.2, -0.15) is 13.2 Å². The van der Waals surface area contributed by atoms with E-state index in [1.54, 1.807) is 5.01 Å². The fourth-order valence-corrected chi connectivity index (χ4v) is 5.33. The van der Waals surface area contributed by atoms with Crippen LogP contribution in [0.25, 0.3) is 0 Å². The Morgan fingerprint density at radius 1 is 1.00 bits per heavy atom. The summed E-state index contributed by atoms with van der Waals surface area (Å²) in [6.07, 6.45) is -4.58. The van der Waals surface area contributed by atoms with Gasteiger partial charge in [-0.1, -0.05) is 54.2 Å². The van der Waals surface area contributed by atoms with Crippen molar-refractivity contribution in [3.05, 3.63) is 82.0 Å². The molecule has 2 aromatic carbocycles. The van der Waals surface area contributed by atoms with Gasteiger partial charge in [-0.3, -0.25) is 5.01 Å². The Hall–Kier alpha value is -2.59. The molecule has 0 aliphatic carbocycles. The molecule has 148 valence electrons. The lowest BCUT2D eigenvalue weighted by Gasteiger charge is -2.26. The zero-order valence-electron chi connectivity index (χ0n) is 14.7. The monoisotopic (exact) mass is 434 g/mol. The lowest BCUT2D eigenvalue weighted by molar-refractivity contribution is -0.147. The van der Waals surface area contributed by atoms with Gasteiger partial charge in [0.15, 0.2) is 0 Å². The molecule has 2 aliphatic heterocycles. The number of hydrogen-bond acceptors (Lipinski definition) is 6. The minimum Gasteiger partial charge on any atom is -0.489 e. The molecule has 29 heavy (non-hydrogen) atoms. The molecule has 0 amide bonds. The van der Waals surface area contributed by atoms with Crippen molar-refractivity contribution < 1.29 is 17.9 Å². The van der Waals surface area contributed by atoms with Crippen LogP contribution in [0.15, 0.2) is 70.2 Å². The van der Waals surface area contributed by atoms with Gasteiger partial charge in [0.2, 0.25) is 5.16 Å². The van der Waals surface area contributed by atoms with Crippen molar-refractivity contribution in [2.24, 2.45) is 0 Å². The van der Waals surface area contributed by atoms with E-state index < -0.39 is 12.0 Å². The van der Waals surface area contributed by atoms with Gasteiger partial charge in [0.25, 0.3) is 5.82 Å². The molecule has 0 saturated heterocycles. The summed E-state index contributed by atoms with van der Waals surface area (Å²) in [7, 11) is 0. The summed E-state index contributed by atoms with van der Waals surface area (Å²) < 4.78 is 46.9. The van der Waals surface area contributed by atoms with Crippen LogP contribution in [0.1, 0.15) is 22.3 Å². The average Bonchev–Trinajstić information content (AvgIpc) is 3.38. The van der Waals surface area contributed by atoms with Crippen LogP contribution in [0.5, 0.6) is 5.75 Å². The summed E-state index contributed by atoms with van der Waals surface area (Å²) in [6, 6.07) is 17.2. The Balaban J connectivity index is 1.36. The molecule has 3 aromatic rings. The van der Waals surface area contributed by atoms with Crippen molar-refractivity contribution in [3.8, 4) is 5.75 Å². The molecule has 5 nitrogen and oxygen atoms in total. The first-order valence-corrected chi connectivity index (χ1v) is 10.4. The van der Waals surface area contributed by atoms with Crippen molar-refractivity contribution in [2.45, 2.75) is 23.3 Å². The Labute approximate surface area is 172 Å². The summed E-state index contributed by atoms with van der Waals surface area (Å²) >= 11 is 2.63. The van der Waals surface area contributed by atoms with Crippen molar-refractivity contribution in [2.75, 3.05) is 5.01 Å². The molecule has 1 aromatic heterocycles. The van der Waals surface area contributed by atoms with Crippen LogP contribution in [0.2, 0.25) is 0 Å². The first-order valence-electron chi connectivity index (χ1n) is 8.63. The number of thioether (sulfide) groups is 2. The first kappa shape index (κ1) is 18.4. The number of nitrogens with zero attached hydrogens (tertiary/aromatic N) is 4. The molecule has 0 saturated carbocycles. The summed E-state index contributed by atoms with van der Waals surface area (Å²) in [5.41, 5.74) is 1.93. The maximum atomic E-state index is 13.3. The van der Waals surface area contributed by atoms with E-state index in [9.17, 15) is 13.2 Å². The molecule has 3 heterocycles. The predicted molar refractivity (Wildman–Crippen MR) is 105 cm³/mol. The van der Waals surface area contributed by atoms with Crippen LogP contribution in [-0.4, -0.2) is 14.9 Å².